The number of amides is 1. The van der Waals surface area contributed by atoms with Crippen molar-refractivity contribution in [3.8, 4) is 17.2 Å². The fourth-order valence-electron chi connectivity index (χ4n) is 4.63. The number of rotatable bonds is 12. The number of carbonyl (C=O) groups is 2. The van der Waals surface area contributed by atoms with Crippen molar-refractivity contribution < 1.29 is 41.3 Å². The molecular formula is C32H32ClFN6O8S2. The maximum atomic E-state index is 14.3. The summed E-state index contributed by atoms with van der Waals surface area (Å²) >= 11 is 7.12. The molecule has 0 aliphatic rings. The molecule has 5 aromatic rings. The highest BCUT2D eigenvalue weighted by Crippen LogP contribution is 2.34. The van der Waals surface area contributed by atoms with Crippen molar-refractivity contribution in [3.63, 3.8) is 0 Å². The number of methoxy groups -OCH3 is 2. The second kappa shape index (κ2) is 14.8. The number of benzene rings is 3. The summed E-state index contributed by atoms with van der Waals surface area (Å²) in [5.41, 5.74) is 0.155. The molecule has 3 aromatic carbocycles. The SMILES string of the molecule is COc1ccc(CN(c2ncc(Cl)s2)S(=O)(=O)n2ncc3c(NCC(=O)Oc4ccc(F)cc4NC(=O)OC(C)(C)C)cccc32)c(OC)c1. The zero-order chi connectivity index (χ0) is 36.2. The standard InChI is InChI=1S/C32H32ClFN6O8S2/c1-32(2,3)48-31(42)38-24-13-20(34)10-12-26(24)47-29(41)17-35-23-7-6-8-25-22(23)15-37-40(25)50(43,44)39(30-36-16-28(33)49-30)18-19-9-11-21(45-4)14-27(19)46-5/h6-16,35H,17-18H2,1-5H3,(H,38,42). The van der Waals surface area contributed by atoms with Gasteiger partial charge in [-0.15, -0.1) is 4.09 Å². The molecule has 0 spiro atoms. The molecule has 50 heavy (non-hydrogen) atoms. The van der Waals surface area contributed by atoms with Crippen molar-refractivity contribution in [2.45, 2.75) is 32.9 Å². The topological polar surface area (TPSA) is 163 Å². The molecule has 0 unspecified atom stereocenters. The van der Waals surface area contributed by atoms with E-state index in [9.17, 15) is 22.4 Å². The average molecular weight is 747 g/mol. The molecule has 0 saturated carbocycles. The van der Waals surface area contributed by atoms with Crippen molar-refractivity contribution in [3.05, 3.63) is 82.7 Å². The number of esters is 1. The molecule has 0 bridgehead atoms. The van der Waals surface area contributed by atoms with Crippen LogP contribution < -0.4 is 29.1 Å². The monoisotopic (exact) mass is 746 g/mol. The first-order chi connectivity index (χ1) is 23.7. The summed E-state index contributed by atoms with van der Waals surface area (Å²) in [4.78, 5) is 29.4. The first-order valence-corrected chi connectivity index (χ1v) is 17.3. The van der Waals surface area contributed by atoms with E-state index < -0.39 is 33.7 Å². The second-order valence-electron chi connectivity index (χ2n) is 11.5. The first-order valence-electron chi connectivity index (χ1n) is 14.7. The molecule has 1 amide bonds. The van der Waals surface area contributed by atoms with Crippen LogP contribution in [0.2, 0.25) is 4.34 Å². The number of hydrogen-bond donors (Lipinski definition) is 2. The maximum absolute atomic E-state index is 14.3. The molecule has 2 heterocycles. The van der Waals surface area contributed by atoms with Gasteiger partial charge < -0.3 is 24.3 Å². The van der Waals surface area contributed by atoms with Crippen LogP contribution in [-0.2, 0) is 26.3 Å². The van der Waals surface area contributed by atoms with Crippen molar-refractivity contribution in [2.24, 2.45) is 0 Å². The number of anilines is 3. The van der Waals surface area contributed by atoms with Crippen LogP contribution in [-0.4, -0.2) is 61.0 Å². The molecule has 18 heteroatoms. The van der Waals surface area contributed by atoms with Crippen LogP contribution in [0.25, 0.3) is 10.9 Å². The molecular weight excluding hydrogens is 715 g/mol. The highest BCUT2D eigenvalue weighted by molar-refractivity contribution is 7.91. The van der Waals surface area contributed by atoms with Crippen LogP contribution in [0.3, 0.4) is 0 Å². The largest absolute Gasteiger partial charge is 0.497 e. The number of nitrogens with one attached hydrogen (secondary N) is 2. The van der Waals surface area contributed by atoms with Gasteiger partial charge in [-0.25, -0.2) is 23.3 Å². The van der Waals surface area contributed by atoms with Gasteiger partial charge in [-0.1, -0.05) is 29.0 Å². The molecule has 14 nitrogen and oxygen atoms in total. The van der Waals surface area contributed by atoms with Crippen molar-refractivity contribution >= 4 is 72.6 Å². The third-order valence-electron chi connectivity index (χ3n) is 6.79. The molecule has 5 rings (SSSR count). The fraction of sp³-hybridized carbons (Fsp3) is 0.250. The lowest BCUT2D eigenvalue weighted by Gasteiger charge is -2.23. The highest BCUT2D eigenvalue weighted by atomic mass is 35.5. The van der Waals surface area contributed by atoms with Gasteiger partial charge in [0, 0.05) is 28.8 Å². The number of fused-ring (bicyclic) bond motifs is 1. The predicted molar refractivity (Wildman–Crippen MR) is 187 cm³/mol. The van der Waals surface area contributed by atoms with Crippen molar-refractivity contribution in [1.29, 1.82) is 0 Å². The van der Waals surface area contributed by atoms with Gasteiger partial charge in [0.25, 0.3) is 0 Å². The predicted octanol–water partition coefficient (Wildman–Crippen LogP) is 6.47. The Morgan fingerprint density at radius 2 is 1.80 bits per heavy atom. The summed E-state index contributed by atoms with van der Waals surface area (Å²) in [6.45, 7) is 4.42. The number of halogens is 2. The number of aromatic nitrogens is 3. The Balaban J connectivity index is 1.38. The zero-order valence-electron chi connectivity index (χ0n) is 27.4. The van der Waals surface area contributed by atoms with E-state index in [1.165, 1.54) is 32.7 Å². The van der Waals surface area contributed by atoms with Gasteiger partial charge in [0.05, 0.1) is 44.4 Å². The molecule has 2 N–H and O–H groups in total. The molecule has 0 fully saturated rings. The third-order valence-corrected chi connectivity index (χ3v) is 9.63. The van der Waals surface area contributed by atoms with E-state index >= 15 is 0 Å². The van der Waals surface area contributed by atoms with Crippen LogP contribution >= 0.6 is 22.9 Å². The molecule has 264 valence electrons. The summed E-state index contributed by atoms with van der Waals surface area (Å²) in [5.74, 6) is -0.662. The molecule has 0 saturated heterocycles. The molecule has 0 aliphatic carbocycles. The van der Waals surface area contributed by atoms with E-state index in [1.807, 2.05) is 0 Å². The van der Waals surface area contributed by atoms with Gasteiger partial charge >= 0.3 is 22.3 Å². The summed E-state index contributed by atoms with van der Waals surface area (Å²) < 4.78 is 66.1. The van der Waals surface area contributed by atoms with E-state index in [1.54, 1.807) is 57.2 Å². The van der Waals surface area contributed by atoms with E-state index in [-0.39, 0.29) is 39.5 Å². The lowest BCUT2D eigenvalue weighted by atomic mass is 10.2. The van der Waals surface area contributed by atoms with Crippen LogP contribution in [0.5, 0.6) is 17.2 Å². The number of nitrogens with zero attached hydrogens (tertiary/aromatic N) is 4. The lowest BCUT2D eigenvalue weighted by Crippen LogP contribution is -2.36. The van der Waals surface area contributed by atoms with Gasteiger partial charge in [0.2, 0.25) is 5.13 Å². The van der Waals surface area contributed by atoms with Gasteiger partial charge in [-0.2, -0.15) is 13.5 Å². The lowest BCUT2D eigenvalue weighted by molar-refractivity contribution is -0.132. The Hall–Kier alpha value is -5.13. The Labute approximate surface area is 295 Å². The second-order valence-corrected chi connectivity index (χ2v) is 14.8. The van der Waals surface area contributed by atoms with Crippen molar-refractivity contribution in [1.82, 2.24) is 14.2 Å². The van der Waals surface area contributed by atoms with Crippen molar-refractivity contribution in [2.75, 3.05) is 35.7 Å². The quantitative estimate of drug-likeness (QED) is 0.106. The smallest absolute Gasteiger partial charge is 0.412 e. The van der Waals surface area contributed by atoms with Gasteiger partial charge in [-0.3, -0.25) is 5.32 Å². The first kappa shape index (κ1) is 36.2. The van der Waals surface area contributed by atoms with Gasteiger partial charge in [0.15, 0.2) is 5.75 Å². The molecule has 0 atom stereocenters. The van der Waals surface area contributed by atoms with Gasteiger partial charge in [-0.05, 0) is 57.2 Å². The fourth-order valence-corrected chi connectivity index (χ4v) is 7.14. The van der Waals surface area contributed by atoms with Crippen LogP contribution in [0.1, 0.15) is 26.3 Å². The number of hydrogen-bond acceptors (Lipinski definition) is 12. The van der Waals surface area contributed by atoms with E-state index in [0.717, 1.165) is 31.9 Å². The molecule has 0 radical (unpaired) electrons. The Morgan fingerprint density at radius 3 is 2.48 bits per heavy atom. The van der Waals surface area contributed by atoms with E-state index in [0.29, 0.717) is 28.1 Å². The molecule has 0 aliphatic heterocycles. The number of ether oxygens (including phenoxy) is 4. The Kier molecular flexibility index (Phi) is 10.7. The Bertz CT molecular complexity index is 2150. The van der Waals surface area contributed by atoms with E-state index in [4.69, 9.17) is 30.5 Å². The maximum Gasteiger partial charge on any atom is 0.412 e. The minimum atomic E-state index is -4.43. The summed E-state index contributed by atoms with van der Waals surface area (Å²) in [7, 11) is -1.47. The molecule has 2 aromatic heterocycles. The van der Waals surface area contributed by atoms with Crippen LogP contribution in [0.15, 0.2) is 67.0 Å². The normalized spacial score (nSPS) is 11.6. The summed E-state index contributed by atoms with van der Waals surface area (Å²) in [6.07, 6.45) is 1.82. The zero-order valence-corrected chi connectivity index (χ0v) is 29.8. The van der Waals surface area contributed by atoms with Crippen LogP contribution in [0, 0.1) is 5.82 Å². The van der Waals surface area contributed by atoms with Gasteiger partial charge in [0.1, 0.15) is 33.8 Å². The number of thiazole rings is 1. The minimum absolute atomic E-state index is 0.0925. The third kappa shape index (κ3) is 8.35. The number of carbonyl (C=O) groups excluding carboxylic acids is 2. The van der Waals surface area contributed by atoms with Crippen LogP contribution in [0.4, 0.5) is 25.7 Å². The highest BCUT2D eigenvalue weighted by Gasteiger charge is 2.31. The summed E-state index contributed by atoms with van der Waals surface area (Å²) in [6, 6.07) is 13.0. The average Bonchev–Trinajstić information content (AvgIpc) is 3.70. The minimum Gasteiger partial charge on any atom is -0.497 e. The summed E-state index contributed by atoms with van der Waals surface area (Å²) in [5, 5.41) is 9.97. The Morgan fingerprint density at radius 1 is 1.02 bits per heavy atom. The van der Waals surface area contributed by atoms with E-state index in [2.05, 4.69) is 20.7 Å².